The average Bonchev–Trinajstić information content (AvgIpc) is 3.05. The van der Waals surface area contributed by atoms with Gasteiger partial charge in [-0.1, -0.05) is 11.5 Å². The topological polar surface area (TPSA) is 94.0 Å². The summed E-state index contributed by atoms with van der Waals surface area (Å²) in [6.45, 7) is 0. The number of carbonyl (C=O) groups is 1. The van der Waals surface area contributed by atoms with Crippen LogP contribution in [-0.4, -0.2) is 11.1 Å². The van der Waals surface area contributed by atoms with Gasteiger partial charge in [-0.15, -0.1) is 0 Å². The van der Waals surface area contributed by atoms with E-state index in [1.165, 1.54) is 0 Å². The van der Waals surface area contributed by atoms with E-state index < -0.39 is 11.6 Å². The van der Waals surface area contributed by atoms with Gasteiger partial charge in [-0.05, 0) is 133 Å². The van der Waals surface area contributed by atoms with E-state index in [9.17, 15) is 15.0 Å². The molecule has 0 aliphatic carbocycles. The summed E-state index contributed by atoms with van der Waals surface area (Å²) in [6, 6.07) is 8.34. The van der Waals surface area contributed by atoms with Gasteiger partial charge in [0.05, 0.1) is 16.4 Å². The van der Waals surface area contributed by atoms with E-state index in [4.69, 9.17) is 21.7 Å². The van der Waals surface area contributed by atoms with Crippen molar-refractivity contribution in [3.8, 4) is 23.0 Å². The zero-order valence-corrected chi connectivity index (χ0v) is 30.7. The van der Waals surface area contributed by atoms with Gasteiger partial charge in [0.25, 0.3) is 0 Å². The molecular weight excluding hydrogens is 932 g/mol. The quantitative estimate of drug-likeness (QED) is 0.108. The van der Waals surface area contributed by atoms with Crippen molar-refractivity contribution in [3.63, 3.8) is 0 Å². The van der Waals surface area contributed by atoms with E-state index in [0.717, 1.165) is 0 Å². The van der Waals surface area contributed by atoms with E-state index in [1.807, 2.05) is 90.4 Å². The molecule has 2 aliphatic heterocycles. The number of aliphatic imine (C=N–C) groups is 1. The van der Waals surface area contributed by atoms with Crippen LogP contribution in [-0.2, 0) is 10.3 Å². The summed E-state index contributed by atoms with van der Waals surface area (Å²) in [5.74, 6) is -0.382. The number of hydrogen-bond acceptors (Lipinski definition) is 7. The fourth-order valence-corrected chi connectivity index (χ4v) is 7.59. The van der Waals surface area contributed by atoms with Gasteiger partial charge in [-0.2, -0.15) is 4.99 Å². The van der Waals surface area contributed by atoms with Gasteiger partial charge in [0.2, 0.25) is 0 Å². The summed E-state index contributed by atoms with van der Waals surface area (Å²) in [4.78, 5) is 17.1. The summed E-state index contributed by atoms with van der Waals surface area (Å²) in [7, 11) is 0. The van der Waals surface area contributed by atoms with E-state index in [0.29, 0.717) is 42.2 Å². The summed E-state index contributed by atoms with van der Waals surface area (Å²) in [5.41, 5.74) is 1.01. The Morgan fingerprint density at radius 3 is 1.91 bits per heavy atom. The molecule has 160 valence electrons. The Balaban J connectivity index is 0.00000162. The van der Waals surface area contributed by atoms with Crippen LogP contribution in [0.1, 0.15) is 27.0 Å². The molecule has 0 N–H and O–H groups in total. The fraction of sp³-hybridized carbons (Fsp3) is 0.0476. The maximum absolute atomic E-state index is 13.0. The van der Waals surface area contributed by atoms with Crippen LogP contribution in [0.2, 0.25) is 0 Å². The van der Waals surface area contributed by atoms with Crippen LogP contribution in [0.5, 0.6) is 23.0 Å². The molecule has 2 aliphatic rings. The Morgan fingerprint density at radius 2 is 1.41 bits per heavy atom. The summed E-state index contributed by atoms with van der Waals surface area (Å²) in [5, 5.41) is 27.8. The minimum absolute atomic E-state index is 0. The summed E-state index contributed by atoms with van der Waals surface area (Å²) < 4.78 is 13.9. The minimum Gasteiger partial charge on any atom is -0.871 e. The molecule has 2 heterocycles. The Hall–Kier alpha value is 1.25. The minimum atomic E-state index is -1.41. The number of hydrogen-bond donors (Lipinski definition) is 0. The molecule has 0 bridgehead atoms. The van der Waals surface area contributed by atoms with Crippen LogP contribution in [0.3, 0.4) is 0 Å². The maximum atomic E-state index is 13.0. The number of halogens is 4. The zero-order chi connectivity index (χ0) is 22.9. The molecular formula is C21H5I4NNa2O5S. The molecule has 0 unspecified atom stereocenters. The van der Waals surface area contributed by atoms with Gasteiger partial charge in [-0.3, -0.25) is 0 Å². The SMILES string of the molecule is O=C1OC2(c3cc(N=C=S)ccc31)c1cc(I)c([O-])c(I)c1Oc1c2cc(I)c([O-])c1I.[Na+].[Na+]. The first-order chi connectivity index (χ1) is 15.2. The second-order valence-corrected chi connectivity index (χ2v) is 11.5. The normalized spacial score (nSPS) is 13.8. The third-order valence-corrected chi connectivity index (χ3v) is 8.90. The molecule has 0 amide bonds. The van der Waals surface area contributed by atoms with E-state index in [2.05, 4.69) is 10.2 Å². The predicted molar refractivity (Wildman–Crippen MR) is 149 cm³/mol. The fourth-order valence-electron chi connectivity index (χ4n) is 3.91. The molecule has 13 heteroatoms. The Labute approximate surface area is 298 Å². The Kier molecular flexibility index (Phi) is 9.78. The average molecular weight is 937 g/mol. The number of rotatable bonds is 1. The first kappa shape index (κ1) is 29.8. The smallest absolute Gasteiger partial charge is 0.871 e. The van der Waals surface area contributed by atoms with Gasteiger partial charge in [-0.25, -0.2) is 4.79 Å². The number of fused-ring (bicyclic) bond motifs is 6. The molecule has 0 fully saturated rings. The predicted octanol–water partition coefficient (Wildman–Crippen LogP) is -0.437. The van der Waals surface area contributed by atoms with Gasteiger partial charge in [0.1, 0.15) is 11.5 Å². The van der Waals surface area contributed by atoms with Gasteiger partial charge >= 0.3 is 65.1 Å². The summed E-state index contributed by atoms with van der Waals surface area (Å²) >= 11 is 12.5. The van der Waals surface area contributed by atoms with Crippen molar-refractivity contribution in [2.24, 2.45) is 4.99 Å². The standard InChI is InChI=1S/C21H7I4NO5S.2Na/c22-12-4-10-18(14(24)16(12)27)30-19-11(5-13(23)17(28)15(19)25)21(10)9-3-7(26-6-32)1-2-8(9)20(29)31-21;;/h1-5,27-28H;;/q;2*+1/p-2. The summed E-state index contributed by atoms with van der Waals surface area (Å²) in [6.07, 6.45) is 0. The van der Waals surface area contributed by atoms with Crippen molar-refractivity contribution < 1.29 is 83.6 Å². The maximum Gasteiger partial charge on any atom is 1.00 e. The molecule has 0 atom stereocenters. The Bertz CT molecular complexity index is 1380. The van der Waals surface area contributed by atoms with Crippen molar-refractivity contribution in [3.05, 3.63) is 66.9 Å². The van der Waals surface area contributed by atoms with E-state index in [1.54, 1.807) is 30.3 Å². The van der Waals surface area contributed by atoms with Crippen LogP contribution in [0.25, 0.3) is 0 Å². The number of carbonyl (C=O) groups excluding carboxylic acids is 1. The number of thiocarbonyl (C=S) groups is 1. The first-order valence-corrected chi connectivity index (χ1v) is 13.5. The first-order valence-electron chi connectivity index (χ1n) is 8.73. The second-order valence-electron chi connectivity index (χ2n) is 6.86. The molecule has 0 saturated carbocycles. The largest absolute Gasteiger partial charge is 1.00 e. The van der Waals surface area contributed by atoms with Crippen molar-refractivity contribution in [1.82, 2.24) is 0 Å². The molecule has 0 saturated heterocycles. The van der Waals surface area contributed by atoms with E-state index in [-0.39, 0.29) is 82.1 Å². The van der Waals surface area contributed by atoms with Crippen LogP contribution in [0, 0.1) is 14.3 Å². The molecule has 1 spiro atoms. The molecule has 5 rings (SSSR count). The Morgan fingerprint density at radius 1 is 0.882 bits per heavy atom. The van der Waals surface area contributed by atoms with Gasteiger partial charge in [0.15, 0.2) is 5.60 Å². The molecule has 34 heavy (non-hydrogen) atoms. The second kappa shape index (κ2) is 11.2. The van der Waals surface area contributed by atoms with Crippen molar-refractivity contribution >= 4 is 119 Å². The molecule has 3 aromatic carbocycles. The third kappa shape index (κ3) is 4.44. The van der Waals surface area contributed by atoms with Crippen LogP contribution in [0.15, 0.2) is 35.3 Å². The molecule has 6 nitrogen and oxygen atoms in total. The number of isothiocyanates is 1. The molecule has 0 radical (unpaired) electrons. The monoisotopic (exact) mass is 937 g/mol. The zero-order valence-electron chi connectivity index (χ0n) is 17.3. The third-order valence-electron chi connectivity index (χ3n) is 5.25. The van der Waals surface area contributed by atoms with E-state index >= 15 is 0 Å². The van der Waals surface area contributed by atoms with Crippen molar-refractivity contribution in [2.75, 3.05) is 0 Å². The van der Waals surface area contributed by atoms with Gasteiger partial charge in [0, 0.05) is 31.0 Å². The van der Waals surface area contributed by atoms with Crippen molar-refractivity contribution in [2.45, 2.75) is 5.60 Å². The number of nitrogens with zero attached hydrogens (tertiary/aromatic N) is 1. The van der Waals surface area contributed by atoms with Crippen LogP contribution >= 0.6 is 103 Å². The van der Waals surface area contributed by atoms with Crippen molar-refractivity contribution in [1.29, 1.82) is 0 Å². The number of benzene rings is 3. The van der Waals surface area contributed by atoms with Crippen LogP contribution < -0.4 is 74.1 Å². The molecule has 3 aromatic rings. The van der Waals surface area contributed by atoms with Crippen LogP contribution in [0.4, 0.5) is 5.69 Å². The number of ether oxygens (including phenoxy) is 2. The van der Waals surface area contributed by atoms with Gasteiger partial charge < -0.3 is 19.7 Å². The molecule has 0 aromatic heterocycles. The number of esters is 1.